The van der Waals surface area contributed by atoms with Gasteiger partial charge in [0.2, 0.25) is 5.91 Å². The summed E-state index contributed by atoms with van der Waals surface area (Å²) >= 11 is 0. The van der Waals surface area contributed by atoms with Crippen LogP contribution in [0.5, 0.6) is 0 Å². The first-order valence-corrected chi connectivity index (χ1v) is 6.99. The van der Waals surface area contributed by atoms with E-state index in [1.165, 1.54) is 0 Å². The molecule has 0 radical (unpaired) electrons. The maximum absolute atomic E-state index is 12.3. The van der Waals surface area contributed by atoms with E-state index in [4.69, 9.17) is 11.0 Å². The molecule has 2 unspecified atom stereocenters. The Kier molecular flexibility index (Phi) is 6.20. The molecule has 2 atom stereocenters. The Hall–Kier alpha value is -1.86. The predicted molar refractivity (Wildman–Crippen MR) is 81.2 cm³/mol. The van der Waals surface area contributed by atoms with Crippen LogP contribution >= 0.6 is 0 Å². The minimum absolute atomic E-state index is 0.0375. The van der Waals surface area contributed by atoms with Crippen LogP contribution in [0.1, 0.15) is 38.7 Å². The number of carbonyl (C=O) groups excluding carboxylic acids is 1. The van der Waals surface area contributed by atoms with Gasteiger partial charge in [-0.25, -0.2) is 0 Å². The number of nitrogens with zero attached hydrogens (tertiary/aromatic N) is 2. The van der Waals surface area contributed by atoms with E-state index in [2.05, 4.69) is 6.07 Å². The molecule has 0 aliphatic rings. The van der Waals surface area contributed by atoms with E-state index in [1.54, 1.807) is 30.1 Å². The minimum Gasteiger partial charge on any atom is -0.328 e. The van der Waals surface area contributed by atoms with Gasteiger partial charge in [0.1, 0.15) is 0 Å². The SMILES string of the molecule is CC(N)CCCC(C)C(=O)N(C)c1cccc(C#N)c1. The van der Waals surface area contributed by atoms with Gasteiger partial charge in [-0.15, -0.1) is 0 Å². The highest BCUT2D eigenvalue weighted by Gasteiger charge is 2.18. The van der Waals surface area contributed by atoms with Gasteiger partial charge in [-0.2, -0.15) is 5.26 Å². The summed E-state index contributed by atoms with van der Waals surface area (Å²) in [7, 11) is 1.75. The fraction of sp³-hybridized carbons (Fsp3) is 0.500. The molecule has 0 heterocycles. The Morgan fingerprint density at radius 1 is 1.40 bits per heavy atom. The second kappa shape index (κ2) is 7.66. The van der Waals surface area contributed by atoms with Crippen molar-refractivity contribution < 1.29 is 4.79 Å². The van der Waals surface area contributed by atoms with Crippen molar-refractivity contribution in [2.75, 3.05) is 11.9 Å². The molecule has 0 aliphatic carbocycles. The number of nitrogens with two attached hydrogens (primary N) is 1. The van der Waals surface area contributed by atoms with Crippen molar-refractivity contribution in [2.45, 2.75) is 39.2 Å². The lowest BCUT2D eigenvalue weighted by atomic mass is 10.0. The van der Waals surface area contributed by atoms with Crippen molar-refractivity contribution in [3.8, 4) is 6.07 Å². The second-order valence-corrected chi connectivity index (χ2v) is 5.37. The van der Waals surface area contributed by atoms with Crippen molar-refractivity contribution in [3.05, 3.63) is 29.8 Å². The number of amides is 1. The number of benzene rings is 1. The molecule has 0 aliphatic heterocycles. The van der Waals surface area contributed by atoms with Gasteiger partial charge >= 0.3 is 0 Å². The van der Waals surface area contributed by atoms with Crippen LogP contribution in [0, 0.1) is 17.2 Å². The van der Waals surface area contributed by atoms with Crippen LogP contribution in [-0.2, 0) is 4.79 Å². The molecular formula is C16H23N3O. The van der Waals surface area contributed by atoms with Crippen LogP contribution in [0.15, 0.2) is 24.3 Å². The summed E-state index contributed by atoms with van der Waals surface area (Å²) in [4.78, 5) is 14.0. The lowest BCUT2D eigenvalue weighted by Gasteiger charge is -2.22. The third-order valence-electron chi connectivity index (χ3n) is 3.41. The second-order valence-electron chi connectivity index (χ2n) is 5.37. The molecule has 4 nitrogen and oxygen atoms in total. The third-order valence-corrected chi connectivity index (χ3v) is 3.41. The van der Waals surface area contributed by atoms with Crippen LogP contribution in [-0.4, -0.2) is 19.0 Å². The van der Waals surface area contributed by atoms with Gasteiger partial charge in [-0.3, -0.25) is 4.79 Å². The van der Waals surface area contributed by atoms with Crippen molar-refractivity contribution in [3.63, 3.8) is 0 Å². The summed E-state index contributed by atoms with van der Waals surface area (Å²) in [5.41, 5.74) is 7.03. The number of hydrogen-bond donors (Lipinski definition) is 1. The normalized spacial score (nSPS) is 13.3. The summed E-state index contributed by atoms with van der Waals surface area (Å²) in [6, 6.07) is 9.36. The predicted octanol–water partition coefficient (Wildman–Crippen LogP) is 2.67. The maximum Gasteiger partial charge on any atom is 0.229 e. The van der Waals surface area contributed by atoms with E-state index in [0.717, 1.165) is 24.9 Å². The molecule has 1 aromatic rings. The number of anilines is 1. The first kappa shape index (κ1) is 16.2. The van der Waals surface area contributed by atoms with Gasteiger partial charge in [0.25, 0.3) is 0 Å². The Bertz CT molecular complexity index is 491. The molecule has 0 saturated heterocycles. The molecule has 20 heavy (non-hydrogen) atoms. The summed E-state index contributed by atoms with van der Waals surface area (Å²) < 4.78 is 0. The Labute approximate surface area is 121 Å². The molecule has 108 valence electrons. The van der Waals surface area contributed by atoms with Crippen LogP contribution in [0.4, 0.5) is 5.69 Å². The van der Waals surface area contributed by atoms with E-state index in [1.807, 2.05) is 19.9 Å². The molecule has 2 N–H and O–H groups in total. The quantitative estimate of drug-likeness (QED) is 0.866. The van der Waals surface area contributed by atoms with Crippen LogP contribution in [0.3, 0.4) is 0 Å². The van der Waals surface area contributed by atoms with Crippen molar-refractivity contribution in [1.29, 1.82) is 5.26 Å². The first-order chi connectivity index (χ1) is 9.45. The molecule has 1 rings (SSSR count). The smallest absolute Gasteiger partial charge is 0.229 e. The zero-order valence-corrected chi connectivity index (χ0v) is 12.5. The molecule has 0 saturated carbocycles. The molecule has 0 bridgehead atoms. The number of rotatable bonds is 6. The molecule has 4 heteroatoms. The van der Waals surface area contributed by atoms with E-state index in [9.17, 15) is 4.79 Å². The van der Waals surface area contributed by atoms with Gasteiger partial charge in [0.05, 0.1) is 11.6 Å². The highest BCUT2D eigenvalue weighted by Crippen LogP contribution is 2.19. The Morgan fingerprint density at radius 3 is 2.70 bits per heavy atom. The zero-order chi connectivity index (χ0) is 15.1. The van der Waals surface area contributed by atoms with Crippen molar-refractivity contribution in [2.24, 2.45) is 11.7 Å². The summed E-state index contributed by atoms with van der Waals surface area (Å²) in [6.07, 6.45) is 2.73. The lowest BCUT2D eigenvalue weighted by Crippen LogP contribution is -2.31. The average Bonchev–Trinajstić information content (AvgIpc) is 2.45. The van der Waals surface area contributed by atoms with E-state index >= 15 is 0 Å². The van der Waals surface area contributed by atoms with E-state index in [0.29, 0.717) is 5.56 Å². The van der Waals surface area contributed by atoms with Crippen molar-refractivity contribution >= 4 is 11.6 Å². The monoisotopic (exact) mass is 273 g/mol. The first-order valence-electron chi connectivity index (χ1n) is 6.99. The Balaban J connectivity index is 2.63. The Morgan fingerprint density at radius 2 is 2.10 bits per heavy atom. The molecule has 0 spiro atoms. The number of hydrogen-bond acceptors (Lipinski definition) is 3. The van der Waals surface area contributed by atoms with Gasteiger partial charge in [-0.05, 0) is 38.0 Å². The van der Waals surface area contributed by atoms with E-state index < -0.39 is 0 Å². The molecule has 0 fully saturated rings. The highest BCUT2D eigenvalue weighted by atomic mass is 16.2. The highest BCUT2D eigenvalue weighted by molar-refractivity contribution is 5.94. The minimum atomic E-state index is -0.0375. The summed E-state index contributed by atoms with van der Waals surface area (Å²) in [5.74, 6) is 0.0363. The van der Waals surface area contributed by atoms with Gasteiger partial charge in [0, 0.05) is 24.7 Å². The molecule has 0 aromatic heterocycles. The van der Waals surface area contributed by atoms with Crippen LogP contribution < -0.4 is 10.6 Å². The van der Waals surface area contributed by atoms with Crippen LogP contribution in [0.25, 0.3) is 0 Å². The van der Waals surface area contributed by atoms with Gasteiger partial charge < -0.3 is 10.6 Å². The summed E-state index contributed by atoms with van der Waals surface area (Å²) in [6.45, 7) is 3.92. The molecule has 1 aromatic carbocycles. The average molecular weight is 273 g/mol. The maximum atomic E-state index is 12.3. The lowest BCUT2D eigenvalue weighted by molar-refractivity contribution is -0.121. The third kappa shape index (κ3) is 4.67. The largest absolute Gasteiger partial charge is 0.328 e. The zero-order valence-electron chi connectivity index (χ0n) is 12.5. The number of carbonyl (C=O) groups is 1. The van der Waals surface area contributed by atoms with Crippen molar-refractivity contribution in [1.82, 2.24) is 0 Å². The fourth-order valence-electron chi connectivity index (χ4n) is 2.11. The van der Waals surface area contributed by atoms with Gasteiger partial charge in [0.15, 0.2) is 0 Å². The van der Waals surface area contributed by atoms with Gasteiger partial charge in [-0.1, -0.05) is 19.4 Å². The fourth-order valence-corrected chi connectivity index (χ4v) is 2.11. The standard InChI is InChI=1S/C16H23N3O/c1-12(6-4-7-13(2)18)16(20)19(3)15-9-5-8-14(10-15)11-17/h5,8-10,12-13H,4,6-7,18H2,1-3H3. The number of nitriles is 1. The molecular weight excluding hydrogens is 250 g/mol. The van der Waals surface area contributed by atoms with Crippen LogP contribution in [0.2, 0.25) is 0 Å². The molecule has 1 amide bonds. The van der Waals surface area contributed by atoms with E-state index in [-0.39, 0.29) is 17.9 Å². The topological polar surface area (TPSA) is 70.1 Å². The summed E-state index contributed by atoms with van der Waals surface area (Å²) in [5, 5.41) is 8.89.